The largest absolute Gasteiger partial charge is 0.374 e. The highest BCUT2D eigenvalue weighted by atomic mass is 32.2. The van der Waals surface area contributed by atoms with Crippen molar-refractivity contribution < 1.29 is 9.53 Å². The zero-order valence-corrected chi connectivity index (χ0v) is 13.0. The molecule has 0 bridgehead atoms. The summed E-state index contributed by atoms with van der Waals surface area (Å²) in [6.45, 7) is 2.44. The average molecular weight is 295 g/mol. The number of carbonyl (C=O) groups excluding carboxylic acids is 1. The van der Waals surface area contributed by atoms with Gasteiger partial charge in [-0.25, -0.2) is 0 Å². The van der Waals surface area contributed by atoms with Gasteiger partial charge in [-0.1, -0.05) is 6.42 Å². The highest BCUT2D eigenvalue weighted by Gasteiger charge is 2.58. The fourth-order valence-corrected chi connectivity index (χ4v) is 5.53. The van der Waals surface area contributed by atoms with E-state index in [2.05, 4.69) is 16.7 Å². The zero-order chi connectivity index (χ0) is 13.6. The summed E-state index contributed by atoms with van der Waals surface area (Å²) in [5.74, 6) is 4.05. The molecule has 1 spiro atoms. The summed E-state index contributed by atoms with van der Waals surface area (Å²) in [6.07, 6.45) is 7.99. The third kappa shape index (κ3) is 2.29. The summed E-state index contributed by atoms with van der Waals surface area (Å²) in [7, 11) is 0. The first-order valence-corrected chi connectivity index (χ1v) is 9.42. The maximum Gasteiger partial charge on any atom is 0.226 e. The van der Waals surface area contributed by atoms with Crippen LogP contribution in [-0.4, -0.2) is 48.1 Å². The molecule has 0 aromatic carbocycles. The molecule has 112 valence electrons. The highest BCUT2D eigenvalue weighted by molar-refractivity contribution is 7.99. The summed E-state index contributed by atoms with van der Waals surface area (Å²) in [5, 5.41) is 0. The van der Waals surface area contributed by atoms with Crippen LogP contribution in [0.15, 0.2) is 0 Å². The van der Waals surface area contributed by atoms with Gasteiger partial charge in [0.15, 0.2) is 0 Å². The molecule has 2 heterocycles. The maximum atomic E-state index is 12.8. The van der Waals surface area contributed by atoms with Crippen LogP contribution in [0, 0.1) is 17.3 Å². The van der Waals surface area contributed by atoms with Gasteiger partial charge in [0.2, 0.25) is 5.91 Å². The van der Waals surface area contributed by atoms with E-state index in [1.807, 2.05) is 0 Å². The van der Waals surface area contributed by atoms with Gasteiger partial charge in [0.05, 0.1) is 12.7 Å². The number of morpholine rings is 1. The van der Waals surface area contributed by atoms with Crippen LogP contribution in [0.4, 0.5) is 0 Å². The van der Waals surface area contributed by atoms with E-state index in [4.69, 9.17) is 4.74 Å². The Hall–Kier alpha value is -0.220. The van der Waals surface area contributed by atoms with Gasteiger partial charge in [-0.05, 0) is 54.9 Å². The first-order chi connectivity index (χ1) is 9.78. The molecule has 4 rings (SSSR count). The Kier molecular flexibility index (Phi) is 3.50. The molecule has 2 atom stereocenters. The number of thioether (sulfide) groups is 1. The second-order valence-corrected chi connectivity index (χ2v) is 8.34. The van der Waals surface area contributed by atoms with E-state index in [1.165, 1.54) is 43.6 Å². The standard InChI is InChI=1S/C16H25NO2S/c18-15(13-10-16(13)4-8-20-9-5-16)17-6-7-19-14(11-17)12-2-1-3-12/h12-14H,1-11H2. The Morgan fingerprint density at radius 3 is 2.75 bits per heavy atom. The molecular formula is C16H25NO2S. The Balaban J connectivity index is 1.36. The van der Waals surface area contributed by atoms with Crippen molar-refractivity contribution in [2.45, 2.75) is 44.6 Å². The fraction of sp³-hybridized carbons (Fsp3) is 0.938. The molecule has 4 heteroatoms. The smallest absolute Gasteiger partial charge is 0.226 e. The zero-order valence-electron chi connectivity index (χ0n) is 12.2. The topological polar surface area (TPSA) is 29.5 Å². The van der Waals surface area contributed by atoms with Crippen LogP contribution in [-0.2, 0) is 9.53 Å². The van der Waals surface area contributed by atoms with Gasteiger partial charge in [-0.3, -0.25) is 4.79 Å². The van der Waals surface area contributed by atoms with Crippen LogP contribution in [0.3, 0.4) is 0 Å². The van der Waals surface area contributed by atoms with Crippen LogP contribution < -0.4 is 0 Å². The average Bonchev–Trinajstić information content (AvgIpc) is 3.10. The van der Waals surface area contributed by atoms with Gasteiger partial charge in [-0.15, -0.1) is 0 Å². The molecule has 0 N–H and O–H groups in total. The third-order valence-electron chi connectivity index (χ3n) is 6.06. The molecule has 1 amide bonds. The number of hydrogen-bond acceptors (Lipinski definition) is 3. The quantitative estimate of drug-likeness (QED) is 0.784. The normalized spacial score (nSPS) is 36.7. The minimum atomic E-state index is 0.332. The van der Waals surface area contributed by atoms with Crippen LogP contribution in [0.25, 0.3) is 0 Å². The van der Waals surface area contributed by atoms with E-state index in [9.17, 15) is 4.79 Å². The molecule has 0 aromatic heterocycles. The van der Waals surface area contributed by atoms with E-state index in [0.29, 0.717) is 23.3 Å². The number of carbonyl (C=O) groups is 1. The summed E-state index contributed by atoms with van der Waals surface area (Å²) in [5.41, 5.74) is 0.409. The lowest BCUT2D eigenvalue weighted by atomic mass is 9.80. The van der Waals surface area contributed by atoms with Crippen molar-refractivity contribution in [3.8, 4) is 0 Å². The lowest BCUT2D eigenvalue weighted by molar-refractivity contribution is -0.145. The second kappa shape index (κ2) is 5.20. The van der Waals surface area contributed by atoms with Crippen LogP contribution in [0.5, 0.6) is 0 Å². The lowest BCUT2D eigenvalue weighted by Crippen LogP contribution is -2.50. The van der Waals surface area contributed by atoms with E-state index in [1.54, 1.807) is 0 Å². The minimum absolute atomic E-state index is 0.332. The van der Waals surface area contributed by atoms with Crippen LogP contribution in [0.1, 0.15) is 38.5 Å². The van der Waals surface area contributed by atoms with Gasteiger partial charge in [-0.2, -0.15) is 11.8 Å². The molecule has 2 aliphatic carbocycles. The molecular weight excluding hydrogens is 270 g/mol. The van der Waals surface area contributed by atoms with Gasteiger partial charge in [0.1, 0.15) is 0 Å². The summed E-state index contributed by atoms with van der Waals surface area (Å²) in [4.78, 5) is 14.9. The monoisotopic (exact) mass is 295 g/mol. The van der Waals surface area contributed by atoms with Crippen molar-refractivity contribution >= 4 is 17.7 Å². The van der Waals surface area contributed by atoms with Gasteiger partial charge < -0.3 is 9.64 Å². The van der Waals surface area contributed by atoms with E-state index in [-0.39, 0.29) is 0 Å². The summed E-state index contributed by atoms with van der Waals surface area (Å²) < 4.78 is 5.90. The number of ether oxygens (including phenoxy) is 1. The summed E-state index contributed by atoms with van der Waals surface area (Å²) in [6, 6.07) is 0. The van der Waals surface area contributed by atoms with Crippen molar-refractivity contribution in [2.75, 3.05) is 31.2 Å². The van der Waals surface area contributed by atoms with Crippen molar-refractivity contribution in [1.29, 1.82) is 0 Å². The Morgan fingerprint density at radius 1 is 1.25 bits per heavy atom. The Morgan fingerprint density at radius 2 is 2.05 bits per heavy atom. The molecule has 4 fully saturated rings. The van der Waals surface area contributed by atoms with Crippen LogP contribution >= 0.6 is 11.8 Å². The number of hydrogen-bond donors (Lipinski definition) is 0. The highest BCUT2D eigenvalue weighted by Crippen LogP contribution is 2.61. The van der Waals surface area contributed by atoms with Gasteiger partial charge in [0, 0.05) is 19.0 Å². The van der Waals surface area contributed by atoms with Gasteiger partial charge in [0.25, 0.3) is 0 Å². The first kappa shape index (κ1) is 13.4. The fourth-order valence-electron chi connectivity index (χ4n) is 4.22. The molecule has 2 aliphatic heterocycles. The maximum absolute atomic E-state index is 12.8. The van der Waals surface area contributed by atoms with Crippen molar-refractivity contribution in [3.63, 3.8) is 0 Å². The second-order valence-electron chi connectivity index (χ2n) is 7.12. The number of amides is 1. The molecule has 2 saturated carbocycles. The predicted octanol–water partition coefficient (Wildman–Crippen LogP) is 2.55. The molecule has 0 radical (unpaired) electrons. The molecule has 3 nitrogen and oxygen atoms in total. The van der Waals surface area contributed by atoms with Crippen molar-refractivity contribution in [3.05, 3.63) is 0 Å². The summed E-state index contributed by atoms with van der Waals surface area (Å²) >= 11 is 2.06. The molecule has 0 aromatic rings. The lowest BCUT2D eigenvalue weighted by Gasteiger charge is -2.40. The van der Waals surface area contributed by atoms with E-state index in [0.717, 1.165) is 32.0 Å². The number of nitrogens with zero attached hydrogens (tertiary/aromatic N) is 1. The Bertz CT molecular complexity index is 390. The molecule has 2 saturated heterocycles. The third-order valence-corrected chi connectivity index (χ3v) is 7.04. The molecule has 2 unspecified atom stereocenters. The van der Waals surface area contributed by atoms with Crippen molar-refractivity contribution in [1.82, 2.24) is 4.90 Å². The first-order valence-electron chi connectivity index (χ1n) is 8.27. The van der Waals surface area contributed by atoms with Gasteiger partial charge >= 0.3 is 0 Å². The SMILES string of the molecule is O=C(C1CC12CCSCC2)N1CCOC(C2CCC2)C1. The Labute approximate surface area is 125 Å². The van der Waals surface area contributed by atoms with Crippen molar-refractivity contribution in [2.24, 2.45) is 17.3 Å². The van der Waals surface area contributed by atoms with E-state index >= 15 is 0 Å². The molecule has 4 aliphatic rings. The minimum Gasteiger partial charge on any atom is -0.374 e. The number of rotatable bonds is 2. The van der Waals surface area contributed by atoms with Crippen LogP contribution in [0.2, 0.25) is 0 Å². The molecule has 20 heavy (non-hydrogen) atoms. The van der Waals surface area contributed by atoms with E-state index < -0.39 is 0 Å². The predicted molar refractivity (Wildman–Crippen MR) is 80.8 cm³/mol.